The van der Waals surface area contributed by atoms with Crippen molar-refractivity contribution < 1.29 is 22.7 Å². The van der Waals surface area contributed by atoms with Crippen molar-refractivity contribution in [3.8, 4) is 0 Å². The first-order valence-electron chi connectivity index (χ1n) is 6.07. The van der Waals surface area contributed by atoms with Crippen molar-refractivity contribution in [2.45, 2.75) is 26.1 Å². The number of esters is 1. The average Bonchev–Trinajstić information content (AvgIpc) is 2.81. The lowest BCUT2D eigenvalue weighted by Crippen LogP contribution is -2.09. The number of hydrogen-bond acceptors (Lipinski definition) is 4. The van der Waals surface area contributed by atoms with Crippen LogP contribution in [0, 0.1) is 6.92 Å². The highest BCUT2D eigenvalue weighted by molar-refractivity contribution is 7.09. The normalized spacial score (nSPS) is 11.4. The molecule has 2 rings (SSSR count). The maximum atomic E-state index is 12.4. The first kappa shape index (κ1) is 15.5. The van der Waals surface area contributed by atoms with E-state index in [0.29, 0.717) is 11.3 Å². The Morgan fingerprint density at radius 1 is 1.29 bits per heavy atom. The van der Waals surface area contributed by atoms with Gasteiger partial charge in [0.2, 0.25) is 0 Å². The zero-order chi connectivity index (χ0) is 15.5. The van der Waals surface area contributed by atoms with Gasteiger partial charge in [0.05, 0.1) is 22.7 Å². The van der Waals surface area contributed by atoms with Crippen molar-refractivity contribution in [3.63, 3.8) is 0 Å². The van der Waals surface area contributed by atoms with Crippen molar-refractivity contribution >= 4 is 17.3 Å². The van der Waals surface area contributed by atoms with Gasteiger partial charge in [-0.2, -0.15) is 13.2 Å². The second-order valence-corrected chi connectivity index (χ2v) is 5.45. The lowest BCUT2D eigenvalue weighted by atomic mass is 10.1. The standard InChI is InChI=1S/C14H12F3NO2S/c1-9-18-12(8-21-9)6-13(19)20-7-10-2-4-11(5-3-10)14(15,16)17/h2-5,8H,6-7H2,1H3. The second-order valence-electron chi connectivity index (χ2n) is 4.39. The zero-order valence-electron chi connectivity index (χ0n) is 11.1. The Kier molecular flexibility index (Phi) is 4.62. The molecule has 1 aromatic heterocycles. The first-order chi connectivity index (χ1) is 9.84. The minimum Gasteiger partial charge on any atom is -0.461 e. The molecule has 21 heavy (non-hydrogen) atoms. The first-order valence-corrected chi connectivity index (χ1v) is 6.95. The molecule has 0 aliphatic carbocycles. The smallest absolute Gasteiger partial charge is 0.416 e. The van der Waals surface area contributed by atoms with Crippen LogP contribution in [-0.4, -0.2) is 11.0 Å². The molecule has 0 aliphatic heterocycles. The summed E-state index contributed by atoms with van der Waals surface area (Å²) in [6.07, 6.45) is -4.30. The summed E-state index contributed by atoms with van der Waals surface area (Å²) in [7, 11) is 0. The number of carbonyl (C=O) groups excluding carboxylic acids is 1. The third-order valence-electron chi connectivity index (χ3n) is 2.67. The van der Waals surface area contributed by atoms with Crippen molar-refractivity contribution in [2.24, 2.45) is 0 Å². The number of benzene rings is 1. The van der Waals surface area contributed by atoms with Gasteiger partial charge in [0.25, 0.3) is 0 Å². The topological polar surface area (TPSA) is 39.2 Å². The number of carbonyl (C=O) groups is 1. The SMILES string of the molecule is Cc1nc(CC(=O)OCc2ccc(C(F)(F)F)cc2)cs1. The minimum atomic E-state index is -4.36. The highest BCUT2D eigenvalue weighted by Crippen LogP contribution is 2.29. The van der Waals surface area contributed by atoms with Gasteiger partial charge in [-0.25, -0.2) is 4.98 Å². The van der Waals surface area contributed by atoms with Crippen molar-refractivity contribution in [2.75, 3.05) is 0 Å². The summed E-state index contributed by atoms with van der Waals surface area (Å²) in [4.78, 5) is 15.7. The van der Waals surface area contributed by atoms with Crippen molar-refractivity contribution in [1.82, 2.24) is 4.98 Å². The molecule has 0 spiro atoms. The molecule has 112 valence electrons. The second kappa shape index (κ2) is 6.26. The van der Waals surface area contributed by atoms with Crippen molar-refractivity contribution in [3.05, 3.63) is 51.5 Å². The number of hydrogen-bond donors (Lipinski definition) is 0. The summed E-state index contributed by atoms with van der Waals surface area (Å²) in [5, 5.41) is 2.63. The molecule has 0 unspecified atom stereocenters. The minimum absolute atomic E-state index is 0.0555. The van der Waals surface area contributed by atoms with E-state index in [-0.39, 0.29) is 13.0 Å². The van der Waals surface area contributed by atoms with Crippen LogP contribution in [0.3, 0.4) is 0 Å². The molecule has 1 aromatic carbocycles. The van der Waals surface area contributed by atoms with Crippen LogP contribution >= 0.6 is 11.3 Å². The largest absolute Gasteiger partial charge is 0.461 e. The van der Waals surface area contributed by atoms with Gasteiger partial charge in [0.15, 0.2) is 0 Å². The van der Waals surface area contributed by atoms with Crippen LogP contribution in [0.5, 0.6) is 0 Å². The van der Waals surface area contributed by atoms with Crippen LogP contribution in [0.15, 0.2) is 29.6 Å². The lowest BCUT2D eigenvalue weighted by Gasteiger charge is -2.08. The summed E-state index contributed by atoms with van der Waals surface area (Å²) in [5.41, 5.74) is 0.413. The molecule has 7 heteroatoms. The number of halogens is 3. The van der Waals surface area contributed by atoms with E-state index >= 15 is 0 Å². The number of nitrogens with zero attached hydrogens (tertiary/aromatic N) is 1. The Balaban J connectivity index is 1.86. The van der Waals surface area contributed by atoms with E-state index in [1.165, 1.54) is 23.5 Å². The van der Waals surface area contributed by atoms with Crippen LogP contribution in [0.25, 0.3) is 0 Å². The van der Waals surface area contributed by atoms with Gasteiger partial charge < -0.3 is 4.74 Å². The summed E-state index contributed by atoms with van der Waals surface area (Å²) < 4.78 is 42.2. The molecule has 1 heterocycles. The fourth-order valence-corrected chi connectivity index (χ4v) is 2.25. The van der Waals surface area contributed by atoms with Crippen LogP contribution in [0.1, 0.15) is 21.8 Å². The van der Waals surface area contributed by atoms with E-state index in [1.54, 1.807) is 5.38 Å². The van der Waals surface area contributed by atoms with Gasteiger partial charge in [-0.05, 0) is 24.6 Å². The van der Waals surface area contributed by atoms with Crippen LogP contribution in [0.4, 0.5) is 13.2 Å². The number of rotatable bonds is 4. The molecule has 0 fully saturated rings. The predicted octanol–water partition coefficient (Wildman–Crippen LogP) is 3.76. The fourth-order valence-electron chi connectivity index (χ4n) is 1.64. The van der Waals surface area contributed by atoms with E-state index in [9.17, 15) is 18.0 Å². The lowest BCUT2D eigenvalue weighted by molar-refractivity contribution is -0.144. The maximum Gasteiger partial charge on any atom is 0.416 e. The maximum absolute atomic E-state index is 12.4. The molecule has 0 radical (unpaired) electrons. The number of alkyl halides is 3. The van der Waals surface area contributed by atoms with E-state index in [2.05, 4.69) is 4.98 Å². The van der Waals surface area contributed by atoms with E-state index < -0.39 is 17.7 Å². The Labute approximate surface area is 123 Å². The van der Waals surface area contributed by atoms with Gasteiger partial charge in [-0.1, -0.05) is 12.1 Å². The molecule has 0 N–H and O–H groups in total. The van der Waals surface area contributed by atoms with Gasteiger partial charge in [0, 0.05) is 5.38 Å². The molecule has 0 amide bonds. The summed E-state index contributed by atoms with van der Waals surface area (Å²) >= 11 is 1.44. The van der Waals surface area contributed by atoms with Crippen molar-refractivity contribution in [1.29, 1.82) is 0 Å². The van der Waals surface area contributed by atoms with E-state index in [0.717, 1.165) is 17.1 Å². The van der Waals surface area contributed by atoms with Gasteiger partial charge in [-0.15, -0.1) is 11.3 Å². The quantitative estimate of drug-likeness (QED) is 0.807. The number of thiazole rings is 1. The number of aryl methyl sites for hydroxylation is 1. The molecule has 0 bridgehead atoms. The van der Waals surface area contributed by atoms with E-state index in [4.69, 9.17) is 4.74 Å². The molecule has 2 aromatic rings. The Bertz CT molecular complexity index is 620. The molecule has 0 atom stereocenters. The highest BCUT2D eigenvalue weighted by atomic mass is 32.1. The third-order valence-corrected chi connectivity index (χ3v) is 3.50. The monoisotopic (exact) mass is 315 g/mol. The molecule has 3 nitrogen and oxygen atoms in total. The third kappa shape index (κ3) is 4.56. The van der Waals surface area contributed by atoms with Gasteiger partial charge in [-0.3, -0.25) is 4.79 Å². The molecule has 0 saturated heterocycles. The summed E-state index contributed by atoms with van der Waals surface area (Å²) in [6.45, 7) is 1.78. The van der Waals surface area contributed by atoms with Gasteiger partial charge in [0.1, 0.15) is 6.61 Å². The Morgan fingerprint density at radius 2 is 1.95 bits per heavy atom. The average molecular weight is 315 g/mol. The summed E-state index contributed by atoms with van der Waals surface area (Å²) in [6, 6.07) is 4.52. The molecule has 0 aliphatic rings. The number of aromatic nitrogens is 1. The zero-order valence-corrected chi connectivity index (χ0v) is 11.9. The summed E-state index contributed by atoms with van der Waals surface area (Å²) in [5.74, 6) is -0.458. The van der Waals surface area contributed by atoms with Crippen LogP contribution in [-0.2, 0) is 28.7 Å². The highest BCUT2D eigenvalue weighted by Gasteiger charge is 2.29. The molecular formula is C14H12F3NO2S. The predicted molar refractivity (Wildman–Crippen MR) is 71.8 cm³/mol. The Hall–Kier alpha value is -1.89. The molecular weight excluding hydrogens is 303 g/mol. The van der Waals surface area contributed by atoms with Crippen LogP contribution in [0.2, 0.25) is 0 Å². The number of ether oxygens (including phenoxy) is 1. The molecule has 0 saturated carbocycles. The Morgan fingerprint density at radius 3 is 2.48 bits per heavy atom. The van der Waals surface area contributed by atoms with Crippen LogP contribution < -0.4 is 0 Å². The van der Waals surface area contributed by atoms with E-state index in [1.807, 2.05) is 6.92 Å². The fraction of sp³-hybridized carbons (Fsp3) is 0.286. The van der Waals surface area contributed by atoms with Gasteiger partial charge >= 0.3 is 12.1 Å².